The molecule has 0 heterocycles. The van der Waals surface area contributed by atoms with Gasteiger partial charge in [-0.25, -0.2) is 0 Å². The summed E-state index contributed by atoms with van der Waals surface area (Å²) in [5.41, 5.74) is 6.72. The van der Waals surface area contributed by atoms with Crippen LogP contribution in [0.2, 0.25) is 0 Å². The molecular formula is C10H13BrClNO2. The van der Waals surface area contributed by atoms with Crippen molar-refractivity contribution in [2.24, 2.45) is 5.73 Å². The Kier molecular flexibility index (Phi) is 6.56. The molecule has 1 rings (SSSR count). The molecule has 3 N–H and O–H groups in total. The molecule has 1 aromatic carbocycles. The largest absolute Gasteiger partial charge is 0.481 e. The maximum absolute atomic E-state index is 10.4. The molecule has 0 amide bonds. The SMILES string of the molecule is Cl.NC(CC(=O)O)Cc1ccccc1Br. The number of aliphatic carboxylic acids is 1. The zero-order valence-electron chi connectivity index (χ0n) is 8.02. The Morgan fingerprint density at radius 1 is 1.47 bits per heavy atom. The lowest BCUT2D eigenvalue weighted by atomic mass is 10.0. The molecule has 0 saturated carbocycles. The fourth-order valence-electron chi connectivity index (χ4n) is 1.24. The quantitative estimate of drug-likeness (QED) is 0.895. The number of halogens is 2. The van der Waals surface area contributed by atoms with Crippen LogP contribution in [0, 0.1) is 0 Å². The number of carboxylic acids is 1. The van der Waals surface area contributed by atoms with Crippen LogP contribution in [0.5, 0.6) is 0 Å². The van der Waals surface area contributed by atoms with Gasteiger partial charge in [0.25, 0.3) is 0 Å². The van der Waals surface area contributed by atoms with Crippen molar-refractivity contribution >= 4 is 34.3 Å². The Bertz CT molecular complexity index is 333. The van der Waals surface area contributed by atoms with Crippen LogP contribution in [-0.2, 0) is 11.2 Å². The lowest BCUT2D eigenvalue weighted by molar-refractivity contribution is -0.137. The van der Waals surface area contributed by atoms with Crippen LogP contribution in [-0.4, -0.2) is 17.1 Å². The van der Waals surface area contributed by atoms with Gasteiger partial charge in [0.05, 0.1) is 6.42 Å². The number of hydrogen-bond acceptors (Lipinski definition) is 2. The second kappa shape index (κ2) is 6.82. The predicted octanol–water partition coefficient (Wildman–Crippen LogP) is 2.22. The molecule has 0 bridgehead atoms. The van der Waals surface area contributed by atoms with Gasteiger partial charge >= 0.3 is 5.97 Å². The van der Waals surface area contributed by atoms with Gasteiger partial charge in [0.2, 0.25) is 0 Å². The molecule has 0 aliphatic heterocycles. The van der Waals surface area contributed by atoms with E-state index in [1.54, 1.807) is 0 Å². The van der Waals surface area contributed by atoms with Crippen LogP contribution in [0.25, 0.3) is 0 Å². The number of benzene rings is 1. The maximum atomic E-state index is 10.4. The topological polar surface area (TPSA) is 63.3 Å². The van der Waals surface area contributed by atoms with Crippen molar-refractivity contribution in [2.75, 3.05) is 0 Å². The van der Waals surface area contributed by atoms with E-state index < -0.39 is 5.97 Å². The van der Waals surface area contributed by atoms with E-state index in [4.69, 9.17) is 10.8 Å². The average Bonchev–Trinajstić information content (AvgIpc) is 2.07. The van der Waals surface area contributed by atoms with Gasteiger partial charge in [-0.2, -0.15) is 0 Å². The minimum absolute atomic E-state index is 0. The first-order chi connectivity index (χ1) is 6.59. The minimum Gasteiger partial charge on any atom is -0.481 e. The van der Waals surface area contributed by atoms with Crippen LogP contribution in [0.3, 0.4) is 0 Å². The highest BCUT2D eigenvalue weighted by Crippen LogP contribution is 2.17. The van der Waals surface area contributed by atoms with E-state index >= 15 is 0 Å². The molecule has 0 saturated heterocycles. The Morgan fingerprint density at radius 3 is 2.60 bits per heavy atom. The third-order valence-corrected chi connectivity index (χ3v) is 2.65. The van der Waals surface area contributed by atoms with Crippen LogP contribution < -0.4 is 5.73 Å². The maximum Gasteiger partial charge on any atom is 0.304 e. The molecule has 15 heavy (non-hydrogen) atoms. The minimum atomic E-state index is -0.857. The molecule has 84 valence electrons. The standard InChI is InChI=1S/C10H12BrNO2.ClH/c11-9-4-2-1-3-7(9)5-8(12)6-10(13)14;/h1-4,8H,5-6,12H2,(H,13,14);1H. The van der Waals surface area contributed by atoms with Crippen molar-refractivity contribution in [3.05, 3.63) is 34.3 Å². The van der Waals surface area contributed by atoms with E-state index in [1.807, 2.05) is 24.3 Å². The van der Waals surface area contributed by atoms with Gasteiger partial charge < -0.3 is 10.8 Å². The van der Waals surface area contributed by atoms with Crippen molar-refractivity contribution in [3.63, 3.8) is 0 Å². The first-order valence-corrected chi connectivity index (χ1v) is 5.09. The third-order valence-electron chi connectivity index (χ3n) is 1.88. The van der Waals surface area contributed by atoms with E-state index in [0.29, 0.717) is 6.42 Å². The summed E-state index contributed by atoms with van der Waals surface area (Å²) in [5.74, 6) is -0.857. The molecule has 1 unspecified atom stereocenters. The lowest BCUT2D eigenvalue weighted by Crippen LogP contribution is -2.26. The van der Waals surface area contributed by atoms with Crippen molar-refractivity contribution < 1.29 is 9.90 Å². The summed E-state index contributed by atoms with van der Waals surface area (Å²) in [6.45, 7) is 0. The summed E-state index contributed by atoms with van der Waals surface area (Å²) in [5, 5.41) is 8.54. The van der Waals surface area contributed by atoms with E-state index in [9.17, 15) is 4.79 Å². The molecule has 1 atom stereocenters. The van der Waals surface area contributed by atoms with E-state index in [1.165, 1.54) is 0 Å². The highest BCUT2D eigenvalue weighted by Gasteiger charge is 2.10. The Balaban J connectivity index is 0.00000196. The van der Waals surface area contributed by atoms with Crippen molar-refractivity contribution in [3.8, 4) is 0 Å². The number of carbonyl (C=O) groups is 1. The fourth-order valence-corrected chi connectivity index (χ4v) is 1.69. The molecule has 1 aromatic rings. The number of nitrogens with two attached hydrogens (primary N) is 1. The summed E-state index contributed by atoms with van der Waals surface area (Å²) < 4.78 is 0.973. The van der Waals surface area contributed by atoms with Gasteiger partial charge in [-0.1, -0.05) is 34.1 Å². The van der Waals surface area contributed by atoms with Crippen LogP contribution in [0.15, 0.2) is 28.7 Å². The van der Waals surface area contributed by atoms with Gasteiger partial charge in [0.1, 0.15) is 0 Å². The van der Waals surface area contributed by atoms with Gasteiger partial charge in [0.15, 0.2) is 0 Å². The summed E-state index contributed by atoms with van der Waals surface area (Å²) in [4.78, 5) is 10.4. The molecule has 0 spiro atoms. The number of carboxylic acid groups (broad SMARTS) is 1. The molecule has 5 heteroatoms. The summed E-state index contributed by atoms with van der Waals surface area (Å²) in [7, 11) is 0. The van der Waals surface area contributed by atoms with Gasteiger partial charge in [-0.15, -0.1) is 12.4 Å². The molecule has 0 aromatic heterocycles. The zero-order valence-corrected chi connectivity index (χ0v) is 10.4. The monoisotopic (exact) mass is 293 g/mol. The highest BCUT2D eigenvalue weighted by molar-refractivity contribution is 9.10. The summed E-state index contributed by atoms with van der Waals surface area (Å²) in [6, 6.07) is 7.35. The smallest absolute Gasteiger partial charge is 0.304 e. The van der Waals surface area contributed by atoms with Gasteiger partial charge in [-0.05, 0) is 18.1 Å². The molecule has 0 fully saturated rings. The second-order valence-electron chi connectivity index (χ2n) is 3.15. The fraction of sp³-hybridized carbons (Fsp3) is 0.300. The second-order valence-corrected chi connectivity index (χ2v) is 4.01. The first kappa shape index (κ1) is 14.4. The van der Waals surface area contributed by atoms with E-state index in [-0.39, 0.29) is 24.9 Å². The van der Waals surface area contributed by atoms with E-state index in [0.717, 1.165) is 10.0 Å². The predicted molar refractivity (Wildman–Crippen MR) is 65.3 cm³/mol. The molecule has 3 nitrogen and oxygen atoms in total. The van der Waals surface area contributed by atoms with Crippen molar-refractivity contribution in [1.82, 2.24) is 0 Å². The highest BCUT2D eigenvalue weighted by atomic mass is 79.9. The van der Waals surface area contributed by atoms with Crippen molar-refractivity contribution in [2.45, 2.75) is 18.9 Å². The Hall–Kier alpha value is -0.580. The molecule has 0 aliphatic rings. The lowest BCUT2D eigenvalue weighted by Gasteiger charge is -2.09. The molecular weight excluding hydrogens is 281 g/mol. The first-order valence-electron chi connectivity index (χ1n) is 4.30. The van der Waals surface area contributed by atoms with Crippen LogP contribution in [0.1, 0.15) is 12.0 Å². The average molecular weight is 295 g/mol. The van der Waals surface area contributed by atoms with Crippen LogP contribution in [0.4, 0.5) is 0 Å². The summed E-state index contributed by atoms with van der Waals surface area (Å²) in [6.07, 6.45) is 0.578. The third kappa shape index (κ3) is 5.16. The number of hydrogen-bond donors (Lipinski definition) is 2. The Labute approximate surface area is 103 Å². The molecule has 0 radical (unpaired) electrons. The van der Waals surface area contributed by atoms with Gasteiger partial charge in [0, 0.05) is 10.5 Å². The molecule has 0 aliphatic carbocycles. The summed E-state index contributed by atoms with van der Waals surface area (Å²) >= 11 is 3.39. The van der Waals surface area contributed by atoms with Crippen molar-refractivity contribution in [1.29, 1.82) is 0 Å². The van der Waals surface area contributed by atoms with Gasteiger partial charge in [-0.3, -0.25) is 4.79 Å². The Morgan fingerprint density at radius 2 is 2.07 bits per heavy atom. The number of rotatable bonds is 4. The zero-order chi connectivity index (χ0) is 10.6. The normalized spacial score (nSPS) is 11.6. The van der Waals surface area contributed by atoms with E-state index in [2.05, 4.69) is 15.9 Å². The van der Waals surface area contributed by atoms with Crippen LogP contribution >= 0.6 is 28.3 Å².